The van der Waals surface area contributed by atoms with Gasteiger partial charge in [-0.05, 0) is 36.6 Å². The highest BCUT2D eigenvalue weighted by Gasteiger charge is 2.19. The number of ether oxygens (including phenoxy) is 1. The van der Waals surface area contributed by atoms with Gasteiger partial charge in [-0.1, -0.05) is 29.4 Å². The van der Waals surface area contributed by atoms with Crippen molar-refractivity contribution < 1.29 is 13.9 Å². The lowest BCUT2D eigenvalue weighted by atomic mass is 10.3. The van der Waals surface area contributed by atoms with Gasteiger partial charge in [0.15, 0.2) is 0 Å². The molecule has 1 N–H and O–H groups in total. The molecule has 0 unspecified atom stereocenters. The lowest BCUT2D eigenvalue weighted by Crippen LogP contribution is -2.22. The van der Waals surface area contributed by atoms with Gasteiger partial charge in [0, 0.05) is 5.69 Å². The zero-order valence-corrected chi connectivity index (χ0v) is 15.7. The molecule has 0 aliphatic carbocycles. The molecule has 2 heterocycles. The Morgan fingerprint density at radius 3 is 2.92 bits per heavy atom. The predicted molar refractivity (Wildman–Crippen MR) is 99.6 cm³/mol. The standard InChI is InChI=1S/C16H14ClN3O3S2/c1-9(14(21)18-10-5-6-12(22-2)11(17)8-10)25-16-20-19-15(23-16)13-4-3-7-24-13/h3-9H,1-2H3,(H,18,21)/t9-/m1/s1. The van der Waals surface area contributed by atoms with E-state index < -0.39 is 5.25 Å². The van der Waals surface area contributed by atoms with Crippen molar-refractivity contribution >= 4 is 46.3 Å². The number of anilines is 1. The van der Waals surface area contributed by atoms with Gasteiger partial charge in [0.1, 0.15) is 5.75 Å². The molecular weight excluding hydrogens is 382 g/mol. The van der Waals surface area contributed by atoms with Gasteiger partial charge < -0.3 is 14.5 Å². The van der Waals surface area contributed by atoms with E-state index in [0.717, 1.165) is 4.88 Å². The fourth-order valence-corrected chi connectivity index (χ4v) is 3.54. The molecule has 6 nitrogen and oxygen atoms in total. The van der Waals surface area contributed by atoms with Crippen LogP contribution in [0.5, 0.6) is 5.75 Å². The van der Waals surface area contributed by atoms with Gasteiger partial charge in [-0.3, -0.25) is 4.79 Å². The summed E-state index contributed by atoms with van der Waals surface area (Å²) in [5.74, 6) is 0.809. The molecule has 0 aliphatic heterocycles. The second-order valence-corrected chi connectivity index (χ2v) is 7.60. The summed E-state index contributed by atoms with van der Waals surface area (Å²) in [6.45, 7) is 1.76. The van der Waals surface area contributed by atoms with Crippen molar-refractivity contribution in [1.82, 2.24) is 10.2 Å². The number of hydrogen-bond donors (Lipinski definition) is 1. The number of nitrogens with zero attached hydrogens (tertiary/aromatic N) is 2. The van der Waals surface area contributed by atoms with Crippen molar-refractivity contribution in [3.8, 4) is 16.5 Å². The largest absolute Gasteiger partial charge is 0.495 e. The SMILES string of the molecule is COc1ccc(NC(=O)[C@@H](C)Sc2nnc(-c3cccs3)o2)cc1Cl. The number of benzene rings is 1. The summed E-state index contributed by atoms with van der Waals surface area (Å²) >= 11 is 8.77. The average Bonchev–Trinajstić information content (AvgIpc) is 3.26. The monoisotopic (exact) mass is 395 g/mol. The number of carbonyl (C=O) groups is 1. The van der Waals surface area contributed by atoms with Crippen LogP contribution in [0.25, 0.3) is 10.8 Å². The van der Waals surface area contributed by atoms with Crippen LogP contribution in [0.1, 0.15) is 6.92 Å². The summed E-state index contributed by atoms with van der Waals surface area (Å²) in [4.78, 5) is 13.2. The van der Waals surface area contributed by atoms with E-state index in [4.69, 9.17) is 20.8 Å². The minimum atomic E-state index is -0.419. The Balaban J connectivity index is 1.62. The van der Waals surface area contributed by atoms with E-state index in [0.29, 0.717) is 27.6 Å². The second kappa shape index (κ2) is 7.90. The molecule has 0 saturated carbocycles. The van der Waals surface area contributed by atoms with Crippen LogP contribution in [0, 0.1) is 0 Å². The van der Waals surface area contributed by atoms with Gasteiger partial charge in [-0.15, -0.1) is 21.5 Å². The van der Waals surface area contributed by atoms with Gasteiger partial charge in [-0.25, -0.2) is 0 Å². The first-order chi connectivity index (χ1) is 12.1. The fourth-order valence-electron chi connectivity index (χ4n) is 1.95. The quantitative estimate of drug-likeness (QED) is 0.615. The molecule has 3 rings (SSSR count). The molecular formula is C16H14ClN3O3S2. The third-order valence-corrected chi connectivity index (χ3v) is 5.29. The Labute approximate surface area is 157 Å². The second-order valence-electron chi connectivity index (χ2n) is 4.95. The zero-order valence-electron chi connectivity index (χ0n) is 13.4. The number of nitrogens with one attached hydrogen (secondary N) is 1. The topological polar surface area (TPSA) is 77.2 Å². The molecule has 25 heavy (non-hydrogen) atoms. The number of rotatable bonds is 6. The van der Waals surface area contributed by atoms with Crippen molar-refractivity contribution in [3.05, 3.63) is 40.7 Å². The third kappa shape index (κ3) is 4.33. The van der Waals surface area contributed by atoms with Gasteiger partial charge in [0.2, 0.25) is 5.91 Å². The van der Waals surface area contributed by atoms with Crippen LogP contribution < -0.4 is 10.1 Å². The number of thiophene rings is 1. The highest BCUT2D eigenvalue weighted by atomic mass is 35.5. The number of methoxy groups -OCH3 is 1. The molecule has 2 aromatic heterocycles. The van der Waals surface area contributed by atoms with Crippen molar-refractivity contribution in [2.45, 2.75) is 17.4 Å². The number of aromatic nitrogens is 2. The van der Waals surface area contributed by atoms with Crippen LogP contribution in [0.15, 0.2) is 45.4 Å². The lowest BCUT2D eigenvalue weighted by Gasteiger charge is -2.11. The first-order valence-electron chi connectivity index (χ1n) is 7.25. The molecule has 0 bridgehead atoms. The van der Waals surface area contributed by atoms with Gasteiger partial charge in [0.05, 0.1) is 22.3 Å². The number of thioether (sulfide) groups is 1. The fraction of sp³-hybridized carbons (Fsp3) is 0.188. The maximum Gasteiger partial charge on any atom is 0.277 e. The van der Waals surface area contributed by atoms with E-state index >= 15 is 0 Å². The Bertz CT molecular complexity index is 867. The molecule has 3 aromatic rings. The zero-order chi connectivity index (χ0) is 17.8. The van der Waals surface area contributed by atoms with Crippen molar-refractivity contribution in [3.63, 3.8) is 0 Å². The minimum absolute atomic E-state index is 0.192. The first-order valence-corrected chi connectivity index (χ1v) is 9.39. The Morgan fingerprint density at radius 1 is 1.40 bits per heavy atom. The molecule has 0 radical (unpaired) electrons. The Morgan fingerprint density at radius 2 is 2.24 bits per heavy atom. The number of amides is 1. The molecule has 0 spiro atoms. The third-order valence-electron chi connectivity index (χ3n) is 3.20. The summed E-state index contributed by atoms with van der Waals surface area (Å²) in [5.41, 5.74) is 0.591. The van der Waals surface area contributed by atoms with Crippen LogP contribution in [-0.4, -0.2) is 28.5 Å². The normalized spacial score (nSPS) is 12.0. The number of halogens is 1. The Kier molecular flexibility index (Phi) is 5.62. The summed E-state index contributed by atoms with van der Waals surface area (Å²) in [7, 11) is 1.53. The van der Waals surface area contributed by atoms with Crippen molar-refractivity contribution in [1.29, 1.82) is 0 Å². The maximum absolute atomic E-state index is 12.3. The molecule has 1 amide bonds. The van der Waals surface area contributed by atoms with E-state index in [9.17, 15) is 4.79 Å². The summed E-state index contributed by atoms with van der Waals surface area (Å²) in [5, 5.41) is 13.1. The van der Waals surface area contributed by atoms with E-state index in [1.54, 1.807) is 25.1 Å². The van der Waals surface area contributed by atoms with E-state index in [-0.39, 0.29) is 5.91 Å². The van der Waals surface area contributed by atoms with Crippen LogP contribution in [-0.2, 0) is 4.79 Å². The summed E-state index contributed by atoms with van der Waals surface area (Å²) in [6, 6.07) is 8.86. The van der Waals surface area contributed by atoms with Gasteiger partial charge in [-0.2, -0.15) is 0 Å². The van der Waals surface area contributed by atoms with Gasteiger partial charge >= 0.3 is 0 Å². The number of carbonyl (C=O) groups excluding carboxylic acids is 1. The first kappa shape index (κ1) is 17.8. The Hall–Kier alpha value is -2.03. The van der Waals surface area contributed by atoms with Crippen LogP contribution in [0.3, 0.4) is 0 Å². The van der Waals surface area contributed by atoms with Crippen LogP contribution in [0.2, 0.25) is 5.02 Å². The van der Waals surface area contributed by atoms with Gasteiger partial charge in [0.25, 0.3) is 11.1 Å². The molecule has 130 valence electrons. The molecule has 0 aliphatic rings. The molecule has 0 fully saturated rings. The van der Waals surface area contributed by atoms with E-state index in [1.165, 1.54) is 30.2 Å². The van der Waals surface area contributed by atoms with Crippen molar-refractivity contribution in [2.75, 3.05) is 12.4 Å². The predicted octanol–water partition coefficient (Wildman–Crippen LogP) is 4.58. The minimum Gasteiger partial charge on any atom is -0.495 e. The lowest BCUT2D eigenvalue weighted by molar-refractivity contribution is -0.115. The highest BCUT2D eigenvalue weighted by Crippen LogP contribution is 2.30. The molecule has 9 heteroatoms. The molecule has 1 aromatic carbocycles. The van der Waals surface area contributed by atoms with E-state index in [2.05, 4.69) is 15.5 Å². The van der Waals surface area contributed by atoms with Crippen LogP contribution >= 0.6 is 34.7 Å². The summed E-state index contributed by atoms with van der Waals surface area (Å²) in [6.07, 6.45) is 0. The maximum atomic E-state index is 12.3. The highest BCUT2D eigenvalue weighted by molar-refractivity contribution is 8.00. The average molecular weight is 396 g/mol. The number of hydrogen-bond acceptors (Lipinski definition) is 7. The van der Waals surface area contributed by atoms with E-state index in [1.807, 2.05) is 17.5 Å². The van der Waals surface area contributed by atoms with Crippen LogP contribution in [0.4, 0.5) is 5.69 Å². The molecule has 0 saturated heterocycles. The van der Waals surface area contributed by atoms with Crippen molar-refractivity contribution in [2.24, 2.45) is 0 Å². The molecule has 1 atom stereocenters. The summed E-state index contributed by atoms with van der Waals surface area (Å²) < 4.78 is 10.7. The smallest absolute Gasteiger partial charge is 0.277 e.